The van der Waals surface area contributed by atoms with Gasteiger partial charge in [0.2, 0.25) is 0 Å². The average Bonchev–Trinajstić information content (AvgIpc) is 3.16. The van der Waals surface area contributed by atoms with Crippen LogP contribution in [0.25, 0.3) is 17.0 Å². The molecule has 0 aliphatic carbocycles. The molecule has 1 fully saturated rings. The third-order valence-electron chi connectivity index (χ3n) is 5.07. The molecule has 0 radical (unpaired) electrons. The number of nitrogens with one attached hydrogen (secondary N) is 1. The normalized spacial score (nSPS) is 15.7. The lowest BCUT2D eigenvalue weighted by Crippen LogP contribution is -2.25. The Hall–Kier alpha value is -2.99. The van der Waals surface area contributed by atoms with Crippen LogP contribution in [0.5, 0.6) is 0 Å². The van der Waals surface area contributed by atoms with Crippen molar-refractivity contribution in [3.8, 4) is 0 Å². The minimum atomic E-state index is -0.224. The van der Waals surface area contributed by atoms with E-state index in [1.165, 1.54) is 16.5 Å². The van der Waals surface area contributed by atoms with E-state index < -0.39 is 0 Å². The molecule has 1 amide bonds. The molecule has 0 unspecified atom stereocenters. The third kappa shape index (κ3) is 3.10. The van der Waals surface area contributed by atoms with Crippen LogP contribution in [0.4, 0.5) is 4.39 Å². The number of hydrogen-bond acceptors (Lipinski definition) is 2. The smallest absolute Gasteiger partial charge is 0.276 e. The maximum absolute atomic E-state index is 14.2. The SMILES string of the molecule is CCc1cccc2c(/C=C3\NC(=S)N(C)C3=O)cn(Cc3ccccc3F)c12. The number of para-hydroxylation sites is 1. The van der Waals surface area contributed by atoms with Crippen molar-refractivity contribution >= 4 is 40.2 Å². The largest absolute Gasteiger partial charge is 0.342 e. The Labute approximate surface area is 168 Å². The second-order valence-electron chi connectivity index (χ2n) is 6.82. The molecular formula is C22H20FN3OS. The summed E-state index contributed by atoms with van der Waals surface area (Å²) >= 11 is 5.16. The van der Waals surface area contributed by atoms with Crippen molar-refractivity contribution in [2.24, 2.45) is 0 Å². The standard InChI is InChI=1S/C22H20FN3OS/c1-3-14-8-6-9-17-16(11-19-21(27)25(2)22(28)24-19)13-26(20(14)17)12-15-7-4-5-10-18(15)23/h4-11,13H,3,12H2,1-2H3,(H,24,28)/b19-11-. The number of thiocarbonyl (C=S) groups is 1. The first kappa shape index (κ1) is 18.4. The van der Waals surface area contributed by atoms with Crippen molar-refractivity contribution < 1.29 is 9.18 Å². The molecule has 28 heavy (non-hydrogen) atoms. The topological polar surface area (TPSA) is 37.3 Å². The van der Waals surface area contributed by atoms with E-state index in [2.05, 4.69) is 22.9 Å². The molecule has 1 aliphatic rings. The molecule has 0 bridgehead atoms. The first-order valence-electron chi connectivity index (χ1n) is 9.14. The van der Waals surface area contributed by atoms with Gasteiger partial charge in [-0.2, -0.15) is 0 Å². The highest BCUT2D eigenvalue weighted by Crippen LogP contribution is 2.29. The van der Waals surface area contributed by atoms with Gasteiger partial charge in [0, 0.05) is 29.8 Å². The summed E-state index contributed by atoms with van der Waals surface area (Å²) in [7, 11) is 1.65. The highest BCUT2D eigenvalue weighted by Gasteiger charge is 2.27. The number of halogens is 1. The van der Waals surface area contributed by atoms with Gasteiger partial charge < -0.3 is 9.88 Å². The molecule has 1 saturated heterocycles. The van der Waals surface area contributed by atoms with Gasteiger partial charge in [0.1, 0.15) is 11.5 Å². The van der Waals surface area contributed by atoms with E-state index in [-0.39, 0.29) is 11.7 Å². The quantitative estimate of drug-likeness (QED) is 0.536. The number of nitrogens with zero attached hydrogens (tertiary/aromatic N) is 2. The fourth-order valence-electron chi connectivity index (χ4n) is 3.58. The Bertz CT molecular complexity index is 1130. The van der Waals surface area contributed by atoms with Crippen LogP contribution in [0.15, 0.2) is 54.4 Å². The average molecular weight is 393 g/mol. The van der Waals surface area contributed by atoms with Crippen LogP contribution >= 0.6 is 12.2 Å². The van der Waals surface area contributed by atoms with Crippen molar-refractivity contribution in [1.82, 2.24) is 14.8 Å². The summed E-state index contributed by atoms with van der Waals surface area (Å²) in [6, 6.07) is 12.9. The van der Waals surface area contributed by atoms with Crippen molar-refractivity contribution in [3.05, 3.63) is 76.9 Å². The van der Waals surface area contributed by atoms with E-state index in [1.54, 1.807) is 19.2 Å². The van der Waals surface area contributed by atoms with Gasteiger partial charge >= 0.3 is 0 Å². The van der Waals surface area contributed by atoms with Gasteiger partial charge in [0.15, 0.2) is 5.11 Å². The van der Waals surface area contributed by atoms with Gasteiger partial charge in [-0.25, -0.2) is 4.39 Å². The fourth-order valence-corrected chi connectivity index (χ4v) is 3.77. The van der Waals surface area contributed by atoms with Crippen molar-refractivity contribution in [2.45, 2.75) is 19.9 Å². The number of aryl methyl sites for hydroxylation is 1. The number of rotatable bonds is 4. The van der Waals surface area contributed by atoms with Crippen LogP contribution < -0.4 is 5.32 Å². The molecule has 4 rings (SSSR count). The van der Waals surface area contributed by atoms with E-state index in [1.807, 2.05) is 30.5 Å². The lowest BCUT2D eigenvalue weighted by molar-refractivity contribution is -0.121. The second-order valence-corrected chi connectivity index (χ2v) is 7.21. The molecule has 4 nitrogen and oxygen atoms in total. The van der Waals surface area contributed by atoms with E-state index in [9.17, 15) is 9.18 Å². The summed E-state index contributed by atoms with van der Waals surface area (Å²) in [5, 5.41) is 4.38. The van der Waals surface area contributed by atoms with Crippen LogP contribution in [0.3, 0.4) is 0 Å². The third-order valence-corrected chi connectivity index (χ3v) is 5.45. The molecular weight excluding hydrogens is 373 g/mol. The summed E-state index contributed by atoms with van der Waals surface area (Å²) in [5.74, 6) is -0.385. The Morgan fingerprint density at radius 2 is 1.89 bits per heavy atom. The van der Waals surface area contributed by atoms with Crippen LogP contribution in [-0.4, -0.2) is 27.5 Å². The molecule has 0 spiro atoms. The fraction of sp³-hybridized carbons (Fsp3) is 0.182. The highest BCUT2D eigenvalue weighted by atomic mass is 32.1. The number of likely N-dealkylation sites (N-methyl/N-ethyl adjacent to an activating group) is 1. The lowest BCUT2D eigenvalue weighted by Gasteiger charge is -2.09. The van der Waals surface area contributed by atoms with E-state index in [4.69, 9.17) is 12.2 Å². The molecule has 1 N–H and O–H groups in total. The zero-order valence-corrected chi connectivity index (χ0v) is 16.5. The monoisotopic (exact) mass is 393 g/mol. The van der Waals surface area contributed by atoms with Gasteiger partial charge in [0.25, 0.3) is 5.91 Å². The Morgan fingerprint density at radius 1 is 1.14 bits per heavy atom. The first-order valence-corrected chi connectivity index (χ1v) is 9.55. The minimum absolute atomic E-state index is 0.161. The van der Waals surface area contributed by atoms with Crippen LogP contribution in [0.2, 0.25) is 0 Å². The molecule has 0 atom stereocenters. The van der Waals surface area contributed by atoms with Crippen molar-refractivity contribution in [2.75, 3.05) is 7.05 Å². The predicted molar refractivity (Wildman–Crippen MR) is 113 cm³/mol. The molecule has 6 heteroatoms. The van der Waals surface area contributed by atoms with Gasteiger partial charge in [-0.05, 0) is 36.3 Å². The molecule has 2 aromatic carbocycles. The van der Waals surface area contributed by atoms with Crippen molar-refractivity contribution in [3.63, 3.8) is 0 Å². The zero-order chi connectivity index (χ0) is 19.8. The number of carbonyl (C=O) groups is 1. The summed E-state index contributed by atoms with van der Waals surface area (Å²) in [6.45, 7) is 2.52. The first-order chi connectivity index (χ1) is 13.5. The van der Waals surface area contributed by atoms with Gasteiger partial charge in [-0.3, -0.25) is 9.69 Å². The van der Waals surface area contributed by atoms with Crippen LogP contribution in [0, 0.1) is 5.82 Å². The highest BCUT2D eigenvalue weighted by molar-refractivity contribution is 7.80. The molecule has 142 valence electrons. The minimum Gasteiger partial charge on any atom is -0.342 e. The maximum atomic E-state index is 14.2. The summed E-state index contributed by atoms with van der Waals surface area (Å²) < 4.78 is 16.3. The van der Waals surface area contributed by atoms with Gasteiger partial charge in [-0.15, -0.1) is 0 Å². The molecule has 3 aromatic rings. The van der Waals surface area contributed by atoms with Gasteiger partial charge in [0.05, 0.1) is 12.1 Å². The summed E-state index contributed by atoms with van der Waals surface area (Å²) in [4.78, 5) is 13.8. The number of fused-ring (bicyclic) bond motifs is 1. The Morgan fingerprint density at radius 3 is 2.57 bits per heavy atom. The second kappa shape index (κ2) is 7.20. The summed E-state index contributed by atoms with van der Waals surface area (Å²) in [6.07, 6.45) is 4.65. The number of benzene rings is 2. The van der Waals surface area contributed by atoms with E-state index in [0.29, 0.717) is 22.9 Å². The molecule has 0 saturated carbocycles. The predicted octanol–water partition coefficient (Wildman–Crippen LogP) is 4.08. The van der Waals surface area contributed by atoms with Crippen LogP contribution in [-0.2, 0) is 17.8 Å². The maximum Gasteiger partial charge on any atom is 0.276 e. The zero-order valence-electron chi connectivity index (χ0n) is 15.7. The lowest BCUT2D eigenvalue weighted by atomic mass is 10.1. The number of hydrogen-bond donors (Lipinski definition) is 1. The van der Waals surface area contributed by atoms with Crippen LogP contribution in [0.1, 0.15) is 23.6 Å². The Balaban J connectivity index is 1.86. The summed E-state index contributed by atoms with van der Waals surface area (Å²) in [5.41, 5.74) is 4.20. The van der Waals surface area contributed by atoms with Gasteiger partial charge in [-0.1, -0.05) is 43.3 Å². The molecule has 1 aromatic heterocycles. The van der Waals surface area contributed by atoms with E-state index >= 15 is 0 Å². The molecule has 1 aliphatic heterocycles. The number of carbonyl (C=O) groups excluding carboxylic acids is 1. The number of aromatic nitrogens is 1. The van der Waals surface area contributed by atoms with Crippen molar-refractivity contribution in [1.29, 1.82) is 0 Å². The van der Waals surface area contributed by atoms with E-state index in [0.717, 1.165) is 22.9 Å². The number of amides is 1. The Kier molecular flexibility index (Phi) is 4.73. The molecule has 2 heterocycles.